The predicted octanol–water partition coefficient (Wildman–Crippen LogP) is 3.95. The van der Waals surface area contributed by atoms with Crippen molar-refractivity contribution in [1.29, 1.82) is 0 Å². The van der Waals surface area contributed by atoms with Gasteiger partial charge in [0.25, 0.3) is 5.24 Å². The first-order valence-corrected chi connectivity index (χ1v) is 6.54. The Kier molecular flexibility index (Phi) is 4.19. The summed E-state index contributed by atoms with van der Waals surface area (Å²) in [5.74, 6) is 1.58. The largest absolute Gasteiger partial charge is 0.275 e. The van der Waals surface area contributed by atoms with E-state index in [2.05, 4.69) is 26.0 Å². The van der Waals surface area contributed by atoms with E-state index in [4.69, 9.17) is 11.6 Å². The molecule has 2 aromatic carbocycles. The van der Waals surface area contributed by atoms with Gasteiger partial charge in [-0.1, -0.05) is 42.5 Å². The molecule has 3 heteroatoms. The summed E-state index contributed by atoms with van der Waals surface area (Å²) < 4.78 is 0. The van der Waals surface area contributed by atoms with Gasteiger partial charge in [0.1, 0.15) is 11.5 Å². The fourth-order valence-corrected chi connectivity index (χ4v) is 2.43. The molecule has 0 radical (unpaired) electrons. The first-order valence-electron chi connectivity index (χ1n) is 6.16. The molecule has 0 aromatic heterocycles. The third-order valence-corrected chi connectivity index (χ3v) is 3.43. The molecule has 0 saturated carbocycles. The van der Waals surface area contributed by atoms with Crippen molar-refractivity contribution in [3.05, 3.63) is 59.2 Å². The zero-order valence-corrected chi connectivity index (χ0v) is 12.0. The Hall–Kier alpha value is -2.15. The average Bonchev–Trinajstić information content (AvgIpc) is 2.40. The predicted molar refractivity (Wildman–Crippen MR) is 81.3 cm³/mol. The first kappa shape index (κ1) is 14.3. The van der Waals surface area contributed by atoms with Gasteiger partial charge >= 0.3 is 0 Å². The van der Waals surface area contributed by atoms with E-state index in [9.17, 15) is 9.59 Å². The lowest BCUT2D eigenvalue weighted by Crippen LogP contribution is -1.94. The van der Waals surface area contributed by atoms with Crippen LogP contribution < -0.4 is 0 Å². The van der Waals surface area contributed by atoms with Crippen LogP contribution >= 0.6 is 11.6 Å². The van der Waals surface area contributed by atoms with Gasteiger partial charge in [-0.25, -0.2) is 4.79 Å². The van der Waals surface area contributed by atoms with E-state index in [-0.39, 0.29) is 5.57 Å². The van der Waals surface area contributed by atoms with Crippen LogP contribution in [-0.4, -0.2) is 11.2 Å². The number of halogens is 1. The first-order chi connectivity index (χ1) is 9.54. The van der Waals surface area contributed by atoms with Crippen molar-refractivity contribution in [3.8, 4) is 11.1 Å². The van der Waals surface area contributed by atoms with Crippen LogP contribution in [0.2, 0.25) is 0 Å². The zero-order valence-electron chi connectivity index (χ0n) is 11.2. The fraction of sp³-hybridized carbons (Fsp3) is 0.118. The monoisotopic (exact) mass is 284 g/mol. The summed E-state index contributed by atoms with van der Waals surface area (Å²) >= 11 is 5.35. The van der Waals surface area contributed by atoms with Crippen molar-refractivity contribution in [2.24, 2.45) is 0 Å². The SMILES string of the molecule is Cc1cccc(C)c1-c1ccc(C(=C=O)C(=O)Cl)cc1. The highest BCUT2D eigenvalue weighted by Gasteiger charge is 2.11. The number of allylic oxidation sites excluding steroid dienone is 1. The Morgan fingerprint density at radius 2 is 1.55 bits per heavy atom. The molecule has 0 saturated heterocycles. The second kappa shape index (κ2) is 5.87. The molecule has 0 aliphatic carbocycles. The summed E-state index contributed by atoms with van der Waals surface area (Å²) in [5.41, 5.74) is 4.90. The highest BCUT2D eigenvalue weighted by molar-refractivity contribution is 6.75. The van der Waals surface area contributed by atoms with Crippen molar-refractivity contribution in [2.45, 2.75) is 13.8 Å². The van der Waals surface area contributed by atoms with E-state index >= 15 is 0 Å². The molecule has 0 atom stereocenters. The molecule has 0 heterocycles. The highest BCUT2D eigenvalue weighted by Crippen LogP contribution is 2.28. The Morgan fingerprint density at radius 3 is 2.00 bits per heavy atom. The number of benzene rings is 2. The summed E-state index contributed by atoms with van der Waals surface area (Å²) in [6.07, 6.45) is 0. The van der Waals surface area contributed by atoms with Gasteiger partial charge in [-0.15, -0.1) is 0 Å². The molecule has 0 N–H and O–H groups in total. The number of rotatable bonds is 3. The van der Waals surface area contributed by atoms with E-state index in [0.29, 0.717) is 5.56 Å². The van der Waals surface area contributed by atoms with Crippen LogP contribution in [-0.2, 0) is 9.59 Å². The van der Waals surface area contributed by atoms with Crippen molar-refractivity contribution in [1.82, 2.24) is 0 Å². The van der Waals surface area contributed by atoms with Gasteiger partial charge in [-0.3, -0.25) is 4.79 Å². The summed E-state index contributed by atoms with van der Waals surface area (Å²) in [6, 6.07) is 13.3. The van der Waals surface area contributed by atoms with Crippen molar-refractivity contribution >= 4 is 28.4 Å². The second-order valence-corrected chi connectivity index (χ2v) is 4.94. The lowest BCUT2D eigenvalue weighted by atomic mass is 9.94. The molecular formula is C17H13ClO2. The van der Waals surface area contributed by atoms with Crippen molar-refractivity contribution in [2.75, 3.05) is 0 Å². The fourth-order valence-electron chi connectivity index (χ4n) is 2.29. The topological polar surface area (TPSA) is 34.1 Å². The van der Waals surface area contributed by atoms with Crippen LogP contribution in [0.1, 0.15) is 16.7 Å². The maximum atomic E-state index is 11.1. The maximum Gasteiger partial charge on any atom is 0.264 e. The van der Waals surface area contributed by atoms with Gasteiger partial charge in [-0.05, 0) is 53.3 Å². The lowest BCUT2D eigenvalue weighted by Gasteiger charge is -2.10. The molecule has 0 spiro atoms. The molecule has 20 heavy (non-hydrogen) atoms. The third-order valence-electron chi connectivity index (χ3n) is 3.24. The Balaban J connectivity index is 2.48. The zero-order chi connectivity index (χ0) is 14.7. The Bertz CT molecular complexity index is 688. The smallest absolute Gasteiger partial charge is 0.264 e. The van der Waals surface area contributed by atoms with Gasteiger partial charge in [0.2, 0.25) is 0 Å². The average molecular weight is 285 g/mol. The molecule has 0 bridgehead atoms. The Morgan fingerprint density at radius 1 is 1.00 bits per heavy atom. The minimum Gasteiger partial charge on any atom is -0.275 e. The quantitative estimate of drug-likeness (QED) is 0.486. The number of carbonyl (C=O) groups is 1. The van der Waals surface area contributed by atoms with Crippen LogP contribution in [0.25, 0.3) is 16.7 Å². The summed E-state index contributed by atoms with van der Waals surface area (Å²) in [4.78, 5) is 21.8. The van der Waals surface area contributed by atoms with E-state index in [0.717, 1.165) is 11.1 Å². The van der Waals surface area contributed by atoms with Crippen LogP contribution in [0.3, 0.4) is 0 Å². The van der Waals surface area contributed by atoms with Crippen LogP contribution in [0, 0.1) is 13.8 Å². The maximum absolute atomic E-state index is 11.1. The third kappa shape index (κ3) is 2.72. The van der Waals surface area contributed by atoms with Crippen LogP contribution in [0.4, 0.5) is 0 Å². The number of aryl methyl sites for hydroxylation is 2. The van der Waals surface area contributed by atoms with Crippen molar-refractivity contribution in [3.63, 3.8) is 0 Å². The molecular weight excluding hydrogens is 272 g/mol. The van der Waals surface area contributed by atoms with Gasteiger partial charge in [0.15, 0.2) is 0 Å². The van der Waals surface area contributed by atoms with Gasteiger partial charge < -0.3 is 0 Å². The van der Waals surface area contributed by atoms with Crippen molar-refractivity contribution < 1.29 is 9.59 Å². The number of carbonyl (C=O) groups excluding carboxylic acids is 2. The molecule has 0 aliphatic rings. The molecule has 0 amide bonds. The molecule has 2 rings (SSSR count). The summed E-state index contributed by atoms with van der Waals surface area (Å²) in [7, 11) is 0. The van der Waals surface area contributed by atoms with E-state index in [1.807, 2.05) is 18.2 Å². The molecule has 2 nitrogen and oxygen atoms in total. The van der Waals surface area contributed by atoms with Crippen LogP contribution in [0.5, 0.6) is 0 Å². The molecule has 0 unspecified atom stereocenters. The molecule has 100 valence electrons. The standard InChI is InChI=1S/C17H13ClO2/c1-11-4-3-5-12(2)16(11)14-8-6-13(7-9-14)15(10-19)17(18)20/h3-9H,1-2H3. The highest BCUT2D eigenvalue weighted by atomic mass is 35.5. The summed E-state index contributed by atoms with van der Waals surface area (Å²) in [5, 5.41) is -0.792. The second-order valence-electron chi connectivity index (χ2n) is 4.59. The van der Waals surface area contributed by atoms with E-state index < -0.39 is 5.24 Å². The van der Waals surface area contributed by atoms with E-state index in [1.54, 1.807) is 18.1 Å². The molecule has 2 aromatic rings. The normalized spacial score (nSPS) is 9.95. The minimum absolute atomic E-state index is 0.139. The van der Waals surface area contributed by atoms with E-state index in [1.165, 1.54) is 11.1 Å². The van der Waals surface area contributed by atoms with Gasteiger partial charge in [0, 0.05) is 0 Å². The summed E-state index contributed by atoms with van der Waals surface area (Å²) in [6.45, 7) is 4.10. The minimum atomic E-state index is -0.792. The molecule has 0 aliphatic heterocycles. The number of hydrogen-bond donors (Lipinski definition) is 0. The van der Waals surface area contributed by atoms with Crippen LogP contribution in [0.15, 0.2) is 42.5 Å². The lowest BCUT2D eigenvalue weighted by molar-refractivity contribution is -0.106. The Labute approximate surface area is 122 Å². The van der Waals surface area contributed by atoms with Gasteiger partial charge in [-0.2, -0.15) is 0 Å². The van der Waals surface area contributed by atoms with Gasteiger partial charge in [0.05, 0.1) is 0 Å². The molecule has 0 fully saturated rings. The number of hydrogen-bond acceptors (Lipinski definition) is 2.